The van der Waals surface area contributed by atoms with E-state index in [2.05, 4.69) is 25.2 Å². The number of nitrogens with one attached hydrogen (secondary N) is 1. The van der Waals surface area contributed by atoms with Crippen LogP contribution in [-0.4, -0.2) is 20.3 Å². The summed E-state index contributed by atoms with van der Waals surface area (Å²) in [5.41, 5.74) is 0. The summed E-state index contributed by atoms with van der Waals surface area (Å²) in [6.07, 6.45) is 1.06. The third-order valence-corrected chi connectivity index (χ3v) is 3.99. The molecule has 0 aliphatic heterocycles. The first kappa shape index (κ1) is 14.0. The van der Waals surface area contributed by atoms with Crippen molar-refractivity contribution >= 4 is 22.9 Å². The molecule has 92 valence electrons. The molecular weight excluding hydrogens is 242 g/mol. The maximum atomic E-state index is 5.98. The second kappa shape index (κ2) is 7.28. The van der Waals surface area contributed by atoms with Gasteiger partial charge in [0.25, 0.3) is 0 Å². The van der Waals surface area contributed by atoms with Gasteiger partial charge in [0.05, 0.1) is 4.34 Å². The van der Waals surface area contributed by atoms with Gasteiger partial charge in [0, 0.05) is 24.6 Å². The molecule has 0 aliphatic carbocycles. The summed E-state index contributed by atoms with van der Waals surface area (Å²) in [6.45, 7) is 6.16. The Morgan fingerprint density at radius 1 is 1.50 bits per heavy atom. The highest BCUT2D eigenvalue weighted by atomic mass is 35.5. The van der Waals surface area contributed by atoms with E-state index in [-0.39, 0.29) is 0 Å². The lowest BCUT2D eigenvalue weighted by Gasteiger charge is -2.23. The summed E-state index contributed by atoms with van der Waals surface area (Å²) in [4.78, 5) is 1.32. The fourth-order valence-corrected chi connectivity index (χ4v) is 3.04. The Balaban J connectivity index is 2.66. The van der Waals surface area contributed by atoms with E-state index >= 15 is 0 Å². The van der Waals surface area contributed by atoms with Crippen LogP contribution < -0.4 is 5.32 Å². The first-order valence-corrected chi connectivity index (χ1v) is 6.86. The smallest absolute Gasteiger partial charge is 0.0931 e. The van der Waals surface area contributed by atoms with Crippen LogP contribution in [0.4, 0.5) is 0 Å². The van der Waals surface area contributed by atoms with Crippen molar-refractivity contribution < 1.29 is 4.74 Å². The molecule has 16 heavy (non-hydrogen) atoms. The standard InChI is InChI=1S/C12H20ClNOS/c1-4-14-12(9(2)7-8-15-3)10-5-6-11(13)16-10/h5-6,9,12,14H,4,7-8H2,1-3H3. The van der Waals surface area contributed by atoms with Crippen LogP contribution in [0.1, 0.15) is 31.2 Å². The Hall–Kier alpha value is -0.0900. The molecule has 0 aliphatic rings. The molecular formula is C12H20ClNOS. The lowest BCUT2D eigenvalue weighted by atomic mass is 9.97. The van der Waals surface area contributed by atoms with Crippen LogP contribution >= 0.6 is 22.9 Å². The fourth-order valence-electron chi connectivity index (χ4n) is 1.77. The van der Waals surface area contributed by atoms with Gasteiger partial charge in [-0.2, -0.15) is 0 Å². The third kappa shape index (κ3) is 4.06. The number of rotatable bonds is 7. The Morgan fingerprint density at radius 3 is 2.75 bits per heavy atom. The molecule has 2 unspecified atom stereocenters. The Bertz CT molecular complexity index is 303. The van der Waals surface area contributed by atoms with Crippen molar-refractivity contribution in [3.05, 3.63) is 21.3 Å². The minimum atomic E-state index is 0.387. The topological polar surface area (TPSA) is 21.3 Å². The highest BCUT2D eigenvalue weighted by Crippen LogP contribution is 2.32. The zero-order valence-electron chi connectivity index (χ0n) is 10.1. The van der Waals surface area contributed by atoms with Gasteiger partial charge in [0.15, 0.2) is 0 Å². The van der Waals surface area contributed by atoms with Crippen molar-refractivity contribution in [3.63, 3.8) is 0 Å². The molecule has 1 aromatic rings. The van der Waals surface area contributed by atoms with Crippen LogP contribution in [-0.2, 0) is 4.74 Å². The van der Waals surface area contributed by atoms with E-state index in [4.69, 9.17) is 16.3 Å². The molecule has 0 saturated carbocycles. The van der Waals surface area contributed by atoms with Crippen molar-refractivity contribution in [2.24, 2.45) is 5.92 Å². The maximum Gasteiger partial charge on any atom is 0.0931 e. The van der Waals surface area contributed by atoms with Gasteiger partial charge in [-0.05, 0) is 31.0 Å². The highest BCUT2D eigenvalue weighted by Gasteiger charge is 2.19. The minimum absolute atomic E-state index is 0.387. The number of halogens is 1. The van der Waals surface area contributed by atoms with Crippen LogP contribution in [0.25, 0.3) is 0 Å². The lowest BCUT2D eigenvalue weighted by molar-refractivity contribution is 0.171. The molecule has 1 heterocycles. The van der Waals surface area contributed by atoms with Gasteiger partial charge in [0.2, 0.25) is 0 Å². The molecule has 0 radical (unpaired) electrons. The van der Waals surface area contributed by atoms with Gasteiger partial charge in [-0.25, -0.2) is 0 Å². The molecule has 2 nitrogen and oxygen atoms in total. The quantitative estimate of drug-likeness (QED) is 0.808. The molecule has 1 N–H and O–H groups in total. The number of ether oxygens (including phenoxy) is 1. The molecule has 0 spiro atoms. The molecule has 0 amide bonds. The molecule has 0 aromatic carbocycles. The van der Waals surface area contributed by atoms with E-state index < -0.39 is 0 Å². The van der Waals surface area contributed by atoms with E-state index in [1.807, 2.05) is 6.07 Å². The van der Waals surface area contributed by atoms with Gasteiger partial charge < -0.3 is 10.1 Å². The van der Waals surface area contributed by atoms with Gasteiger partial charge >= 0.3 is 0 Å². The maximum absolute atomic E-state index is 5.98. The number of hydrogen-bond donors (Lipinski definition) is 1. The van der Waals surface area contributed by atoms with Crippen LogP contribution in [0.15, 0.2) is 12.1 Å². The van der Waals surface area contributed by atoms with Crippen molar-refractivity contribution in [2.75, 3.05) is 20.3 Å². The second-order valence-corrected chi connectivity index (χ2v) is 5.68. The van der Waals surface area contributed by atoms with Gasteiger partial charge in [0.1, 0.15) is 0 Å². The van der Waals surface area contributed by atoms with E-state index in [1.165, 1.54) is 4.88 Å². The van der Waals surface area contributed by atoms with Crippen LogP contribution in [0.3, 0.4) is 0 Å². The number of thiophene rings is 1. The molecule has 0 fully saturated rings. The third-order valence-electron chi connectivity index (χ3n) is 2.67. The van der Waals surface area contributed by atoms with E-state index in [1.54, 1.807) is 18.4 Å². The molecule has 2 atom stereocenters. The monoisotopic (exact) mass is 261 g/mol. The molecule has 4 heteroatoms. The summed E-state index contributed by atoms with van der Waals surface area (Å²) in [5.74, 6) is 0.551. The predicted molar refractivity (Wildman–Crippen MR) is 71.4 cm³/mol. The van der Waals surface area contributed by atoms with Crippen molar-refractivity contribution in [1.82, 2.24) is 5.32 Å². The van der Waals surface area contributed by atoms with Crippen molar-refractivity contribution in [1.29, 1.82) is 0 Å². The number of hydrogen-bond acceptors (Lipinski definition) is 3. The summed E-state index contributed by atoms with van der Waals surface area (Å²) in [6, 6.07) is 4.47. The highest BCUT2D eigenvalue weighted by molar-refractivity contribution is 7.16. The summed E-state index contributed by atoms with van der Waals surface area (Å²) in [5, 5.41) is 3.52. The Labute approximate surface area is 107 Å². The summed E-state index contributed by atoms with van der Waals surface area (Å²) >= 11 is 7.64. The van der Waals surface area contributed by atoms with Gasteiger partial charge in [-0.1, -0.05) is 25.4 Å². The van der Waals surface area contributed by atoms with Crippen molar-refractivity contribution in [2.45, 2.75) is 26.3 Å². The zero-order chi connectivity index (χ0) is 12.0. The normalized spacial score (nSPS) is 15.0. The van der Waals surface area contributed by atoms with Gasteiger partial charge in [-0.15, -0.1) is 11.3 Å². The van der Waals surface area contributed by atoms with Crippen molar-refractivity contribution in [3.8, 4) is 0 Å². The zero-order valence-corrected chi connectivity index (χ0v) is 11.7. The SMILES string of the molecule is CCNC(c1ccc(Cl)s1)C(C)CCOC. The number of methoxy groups -OCH3 is 1. The van der Waals surface area contributed by atoms with Crippen LogP contribution in [0.5, 0.6) is 0 Å². The first-order valence-electron chi connectivity index (χ1n) is 5.66. The Kier molecular flexibility index (Phi) is 6.36. The summed E-state index contributed by atoms with van der Waals surface area (Å²) < 4.78 is 5.99. The fraction of sp³-hybridized carbons (Fsp3) is 0.667. The van der Waals surface area contributed by atoms with E-state index in [9.17, 15) is 0 Å². The van der Waals surface area contributed by atoms with E-state index in [0.29, 0.717) is 12.0 Å². The van der Waals surface area contributed by atoms with E-state index in [0.717, 1.165) is 23.9 Å². The van der Waals surface area contributed by atoms with Crippen LogP contribution in [0.2, 0.25) is 4.34 Å². The second-order valence-electron chi connectivity index (χ2n) is 3.94. The average Bonchev–Trinajstić information content (AvgIpc) is 2.69. The summed E-state index contributed by atoms with van der Waals surface area (Å²) in [7, 11) is 1.75. The minimum Gasteiger partial charge on any atom is -0.385 e. The first-order chi connectivity index (χ1) is 7.69. The van der Waals surface area contributed by atoms with Crippen LogP contribution in [0, 0.1) is 5.92 Å². The molecule has 0 saturated heterocycles. The van der Waals surface area contributed by atoms with Gasteiger partial charge in [-0.3, -0.25) is 0 Å². The lowest BCUT2D eigenvalue weighted by Crippen LogP contribution is -2.26. The largest absolute Gasteiger partial charge is 0.385 e. The molecule has 1 aromatic heterocycles. The predicted octanol–water partition coefficient (Wildman–Crippen LogP) is 3.72. The molecule has 1 rings (SSSR count). The average molecular weight is 262 g/mol. The Morgan fingerprint density at radius 2 is 2.25 bits per heavy atom. The molecule has 0 bridgehead atoms.